The molecule has 1 saturated heterocycles. The highest BCUT2D eigenvalue weighted by Crippen LogP contribution is 2.26. The number of benzene rings is 1. The largest absolute Gasteiger partial charge is 0.348 e. The zero-order valence-electron chi connectivity index (χ0n) is 18.9. The quantitative estimate of drug-likeness (QED) is 0.557. The molecule has 1 aromatic carbocycles. The predicted molar refractivity (Wildman–Crippen MR) is 135 cm³/mol. The zero-order chi connectivity index (χ0) is 24.1. The van der Waals surface area contributed by atoms with Crippen molar-refractivity contribution in [2.24, 2.45) is 10.9 Å². The lowest BCUT2D eigenvalue weighted by atomic mass is 9.98. The van der Waals surface area contributed by atoms with Crippen molar-refractivity contribution in [1.82, 2.24) is 20.4 Å². The Balaban J connectivity index is 1.34. The molecule has 0 bridgehead atoms. The maximum Gasteiger partial charge on any atom is 0.271 e. The maximum atomic E-state index is 12.9. The van der Waals surface area contributed by atoms with E-state index in [4.69, 9.17) is 28.2 Å². The third kappa shape index (κ3) is 5.87. The van der Waals surface area contributed by atoms with Crippen molar-refractivity contribution in [3.8, 4) is 0 Å². The lowest BCUT2D eigenvalue weighted by Gasteiger charge is -2.37. The smallest absolute Gasteiger partial charge is 0.271 e. The van der Waals surface area contributed by atoms with Crippen molar-refractivity contribution in [1.29, 1.82) is 0 Å². The van der Waals surface area contributed by atoms with Crippen LogP contribution in [0, 0.1) is 5.92 Å². The number of rotatable bonds is 5. The first-order chi connectivity index (χ1) is 16.4. The van der Waals surface area contributed by atoms with Crippen LogP contribution in [0.1, 0.15) is 53.5 Å². The number of aromatic nitrogens is 2. The number of nitrogens with zero attached hydrogens (tertiary/aromatic N) is 3. The van der Waals surface area contributed by atoms with E-state index >= 15 is 0 Å². The molecule has 10 heteroatoms. The number of piperidine rings is 1. The van der Waals surface area contributed by atoms with Gasteiger partial charge < -0.3 is 10.6 Å². The molecular formula is C24H28Cl2N6O2. The number of carbonyl (C=O) groups is 2. The molecule has 2 atom stereocenters. The number of nitrogens with one attached hydrogen (secondary N) is 3. The summed E-state index contributed by atoms with van der Waals surface area (Å²) < 4.78 is 0. The number of hydrogen-bond acceptors (Lipinski definition) is 5. The van der Waals surface area contributed by atoms with Gasteiger partial charge in [0.05, 0.1) is 27.5 Å². The van der Waals surface area contributed by atoms with Crippen molar-refractivity contribution in [3.05, 3.63) is 57.9 Å². The molecule has 2 aliphatic rings. The van der Waals surface area contributed by atoms with Gasteiger partial charge >= 0.3 is 0 Å². The molecule has 8 nitrogen and oxygen atoms in total. The highest BCUT2D eigenvalue weighted by atomic mass is 35.5. The summed E-state index contributed by atoms with van der Waals surface area (Å²) in [4.78, 5) is 32.7. The standard InChI is InChI=1S/C24H28Cl2N6O2/c1-15-5-2-3-10-27-20(13-15)32-11-8-16(9-12-32)29-24(34)22-19(14-28-31-22)30-23(33)21-17(25)6-4-7-18(21)26/h2-4,6-7,10,14-16,20H,5,8-9,11-13H2,1H3,(H,28,31)(H,29,34)(H,30,33)/b3-2-,27-10-. The molecule has 2 aromatic rings. The molecule has 180 valence electrons. The molecule has 2 amide bonds. The molecule has 3 N–H and O–H groups in total. The normalized spacial score (nSPS) is 23.5. The van der Waals surface area contributed by atoms with Crippen LogP contribution in [-0.4, -0.2) is 58.4 Å². The van der Waals surface area contributed by atoms with Gasteiger partial charge in [-0.25, -0.2) is 0 Å². The average molecular weight is 503 g/mol. The molecule has 2 unspecified atom stereocenters. The highest BCUT2D eigenvalue weighted by Gasteiger charge is 2.28. The van der Waals surface area contributed by atoms with Crippen LogP contribution in [0.5, 0.6) is 0 Å². The third-order valence-corrected chi connectivity index (χ3v) is 6.85. The van der Waals surface area contributed by atoms with Gasteiger partial charge in [-0.2, -0.15) is 5.10 Å². The number of halogens is 2. The second-order valence-electron chi connectivity index (χ2n) is 8.78. The van der Waals surface area contributed by atoms with E-state index in [-0.39, 0.29) is 45.1 Å². The van der Waals surface area contributed by atoms with Crippen LogP contribution in [0.2, 0.25) is 10.0 Å². The first-order valence-electron chi connectivity index (χ1n) is 11.4. The molecule has 34 heavy (non-hydrogen) atoms. The van der Waals surface area contributed by atoms with E-state index in [0.717, 1.165) is 38.8 Å². The Hall–Kier alpha value is -2.68. The molecule has 0 saturated carbocycles. The number of amides is 2. The minimum atomic E-state index is -0.511. The average Bonchev–Trinajstić information content (AvgIpc) is 3.25. The Morgan fingerprint density at radius 1 is 1.15 bits per heavy atom. The number of H-pyrrole nitrogens is 1. The van der Waals surface area contributed by atoms with Gasteiger partial charge in [0.25, 0.3) is 11.8 Å². The predicted octanol–water partition coefficient (Wildman–Crippen LogP) is 4.55. The SMILES string of the molecule is CC1C/C=C\C=N/C(N2CCC(NC(=O)c3[nH]ncc3NC(=O)c3c(Cl)cccc3Cl)CC2)C1. The first kappa shape index (κ1) is 24.4. The minimum Gasteiger partial charge on any atom is -0.348 e. The van der Waals surface area contributed by atoms with Gasteiger partial charge in [0.1, 0.15) is 11.9 Å². The van der Waals surface area contributed by atoms with Crippen LogP contribution in [-0.2, 0) is 0 Å². The summed E-state index contributed by atoms with van der Waals surface area (Å²) in [6, 6.07) is 4.85. The minimum absolute atomic E-state index is 0.0310. The van der Waals surface area contributed by atoms with Gasteiger partial charge in [-0.1, -0.05) is 42.3 Å². The van der Waals surface area contributed by atoms with Crippen molar-refractivity contribution < 1.29 is 9.59 Å². The molecule has 1 fully saturated rings. The molecular weight excluding hydrogens is 475 g/mol. The van der Waals surface area contributed by atoms with E-state index in [1.165, 1.54) is 6.20 Å². The van der Waals surface area contributed by atoms with Gasteiger partial charge in [0.2, 0.25) is 0 Å². The molecule has 0 aliphatic carbocycles. The Labute approximate surface area is 208 Å². The summed E-state index contributed by atoms with van der Waals surface area (Å²) in [7, 11) is 0. The van der Waals surface area contributed by atoms with Crippen molar-refractivity contribution in [3.63, 3.8) is 0 Å². The summed E-state index contributed by atoms with van der Waals surface area (Å²) >= 11 is 12.2. The number of aromatic amines is 1. The molecule has 0 spiro atoms. The van der Waals surface area contributed by atoms with Crippen LogP contribution in [0.3, 0.4) is 0 Å². The Bertz CT molecular complexity index is 1070. The summed E-state index contributed by atoms with van der Waals surface area (Å²) in [5.41, 5.74) is 0.596. The molecule has 4 rings (SSSR count). The molecule has 3 heterocycles. The number of anilines is 1. The van der Waals surface area contributed by atoms with Gasteiger partial charge in [-0.3, -0.25) is 24.6 Å². The summed E-state index contributed by atoms with van der Waals surface area (Å²) in [5, 5.41) is 12.8. The fraction of sp³-hybridized carbons (Fsp3) is 0.417. The number of allylic oxidation sites excluding steroid dienone is 2. The van der Waals surface area contributed by atoms with E-state index in [1.54, 1.807) is 18.2 Å². The lowest BCUT2D eigenvalue weighted by molar-refractivity contribution is 0.0879. The van der Waals surface area contributed by atoms with E-state index in [0.29, 0.717) is 5.92 Å². The van der Waals surface area contributed by atoms with Crippen LogP contribution < -0.4 is 10.6 Å². The van der Waals surface area contributed by atoms with Gasteiger partial charge in [0, 0.05) is 25.3 Å². The van der Waals surface area contributed by atoms with Crippen molar-refractivity contribution in [2.75, 3.05) is 18.4 Å². The van der Waals surface area contributed by atoms with Gasteiger partial charge in [0.15, 0.2) is 0 Å². The second-order valence-corrected chi connectivity index (χ2v) is 9.59. The van der Waals surface area contributed by atoms with Crippen LogP contribution in [0.25, 0.3) is 0 Å². The highest BCUT2D eigenvalue weighted by molar-refractivity contribution is 6.40. The Kier molecular flexibility index (Phi) is 8.03. The van der Waals surface area contributed by atoms with Gasteiger partial charge in [-0.05, 0) is 49.8 Å². The Morgan fingerprint density at radius 3 is 2.62 bits per heavy atom. The van der Waals surface area contributed by atoms with Gasteiger partial charge in [-0.15, -0.1) is 0 Å². The van der Waals surface area contributed by atoms with E-state index in [1.807, 2.05) is 12.3 Å². The lowest BCUT2D eigenvalue weighted by Crippen LogP contribution is -2.48. The fourth-order valence-corrected chi connectivity index (χ4v) is 4.90. The molecule has 2 aliphatic heterocycles. The van der Waals surface area contributed by atoms with Crippen LogP contribution >= 0.6 is 23.2 Å². The summed E-state index contributed by atoms with van der Waals surface area (Å²) in [6.07, 6.45) is 11.4. The third-order valence-electron chi connectivity index (χ3n) is 6.22. The summed E-state index contributed by atoms with van der Waals surface area (Å²) in [6.45, 7) is 3.98. The molecule has 0 radical (unpaired) electrons. The van der Waals surface area contributed by atoms with Crippen LogP contribution in [0.15, 0.2) is 41.5 Å². The second kappa shape index (κ2) is 11.2. The van der Waals surface area contributed by atoms with E-state index in [2.05, 4.69) is 38.7 Å². The van der Waals surface area contributed by atoms with E-state index < -0.39 is 5.91 Å². The number of aliphatic imine (C=N–C) groups is 1. The number of carbonyl (C=O) groups excluding carboxylic acids is 2. The van der Waals surface area contributed by atoms with Crippen molar-refractivity contribution >= 4 is 46.9 Å². The van der Waals surface area contributed by atoms with Crippen molar-refractivity contribution in [2.45, 2.75) is 44.8 Å². The molecule has 1 aromatic heterocycles. The number of likely N-dealkylation sites (tertiary alicyclic amines) is 1. The maximum absolute atomic E-state index is 12.9. The summed E-state index contributed by atoms with van der Waals surface area (Å²) in [5.74, 6) is -0.242. The topological polar surface area (TPSA) is 102 Å². The Morgan fingerprint density at radius 2 is 1.88 bits per heavy atom. The first-order valence-corrected chi connectivity index (χ1v) is 12.2. The van der Waals surface area contributed by atoms with E-state index in [9.17, 15) is 9.59 Å². The zero-order valence-corrected chi connectivity index (χ0v) is 20.4. The monoisotopic (exact) mass is 502 g/mol. The number of hydrogen-bond donors (Lipinski definition) is 3. The fourth-order valence-electron chi connectivity index (χ4n) is 4.33. The van der Waals surface area contributed by atoms with Crippen LogP contribution in [0.4, 0.5) is 5.69 Å².